The number of anilines is 1. The van der Waals surface area contributed by atoms with Crippen molar-refractivity contribution in [1.82, 2.24) is 9.61 Å². The van der Waals surface area contributed by atoms with Crippen molar-refractivity contribution in [3.63, 3.8) is 0 Å². The molecule has 1 aliphatic carbocycles. The molecule has 0 radical (unpaired) electrons. The average molecular weight is 257 g/mol. The number of hydrogen-bond acceptors (Lipinski definition) is 3. The molecule has 0 aromatic carbocycles. The van der Waals surface area contributed by atoms with Gasteiger partial charge in [-0.3, -0.25) is 5.41 Å². The Balaban J connectivity index is 2.00. The minimum atomic E-state index is 0.0644. The average Bonchev–Trinajstić information content (AvgIpc) is 2.88. The van der Waals surface area contributed by atoms with Crippen molar-refractivity contribution >= 4 is 17.0 Å². The molecule has 100 valence electrons. The fraction of sp³-hybridized carbons (Fsp3) is 0.429. The highest BCUT2D eigenvalue weighted by molar-refractivity contribution is 6.03. The van der Waals surface area contributed by atoms with E-state index in [0.29, 0.717) is 11.6 Å². The summed E-state index contributed by atoms with van der Waals surface area (Å²) in [5.74, 6) is 0.0644. The second kappa shape index (κ2) is 4.91. The maximum atomic E-state index is 7.71. The van der Waals surface area contributed by atoms with Crippen LogP contribution in [0.4, 0.5) is 5.69 Å². The van der Waals surface area contributed by atoms with E-state index in [4.69, 9.17) is 11.1 Å². The Morgan fingerprint density at radius 2 is 2.16 bits per heavy atom. The molecule has 2 aromatic heterocycles. The van der Waals surface area contributed by atoms with Gasteiger partial charge < -0.3 is 11.1 Å². The van der Waals surface area contributed by atoms with Gasteiger partial charge in [0.25, 0.3) is 0 Å². The summed E-state index contributed by atoms with van der Waals surface area (Å²) in [6.07, 6.45) is 9.82. The molecular weight excluding hydrogens is 238 g/mol. The summed E-state index contributed by atoms with van der Waals surface area (Å²) in [6, 6.07) is 4.44. The van der Waals surface area contributed by atoms with Gasteiger partial charge >= 0.3 is 0 Å². The van der Waals surface area contributed by atoms with Crippen LogP contribution in [0.1, 0.15) is 37.7 Å². The minimum absolute atomic E-state index is 0.0644. The van der Waals surface area contributed by atoms with Crippen LogP contribution in [0.2, 0.25) is 0 Å². The topological polar surface area (TPSA) is 79.2 Å². The van der Waals surface area contributed by atoms with Gasteiger partial charge in [-0.15, -0.1) is 0 Å². The molecule has 2 heterocycles. The molecule has 0 atom stereocenters. The van der Waals surface area contributed by atoms with E-state index in [2.05, 4.69) is 10.4 Å². The van der Waals surface area contributed by atoms with Crippen molar-refractivity contribution < 1.29 is 0 Å². The van der Waals surface area contributed by atoms with E-state index in [1.54, 1.807) is 6.20 Å². The predicted molar refractivity (Wildman–Crippen MR) is 76.7 cm³/mol. The third-order valence-electron chi connectivity index (χ3n) is 3.81. The lowest BCUT2D eigenvalue weighted by atomic mass is 9.95. The van der Waals surface area contributed by atoms with Crippen LogP contribution in [-0.4, -0.2) is 21.5 Å². The second-order valence-corrected chi connectivity index (χ2v) is 5.16. The molecule has 0 aliphatic heterocycles. The molecule has 1 saturated carbocycles. The number of amidine groups is 1. The van der Waals surface area contributed by atoms with Crippen molar-refractivity contribution in [3.8, 4) is 0 Å². The summed E-state index contributed by atoms with van der Waals surface area (Å²) in [5.41, 5.74) is 8.29. The largest absolute Gasteiger partial charge is 0.384 e. The van der Waals surface area contributed by atoms with Gasteiger partial charge in [0.1, 0.15) is 5.84 Å². The highest BCUT2D eigenvalue weighted by Crippen LogP contribution is 2.26. The van der Waals surface area contributed by atoms with Crippen molar-refractivity contribution in [1.29, 1.82) is 5.41 Å². The van der Waals surface area contributed by atoms with E-state index in [0.717, 1.165) is 11.2 Å². The maximum absolute atomic E-state index is 7.71. The first kappa shape index (κ1) is 12.0. The Kier molecular flexibility index (Phi) is 3.11. The van der Waals surface area contributed by atoms with Crippen LogP contribution in [0.3, 0.4) is 0 Å². The summed E-state index contributed by atoms with van der Waals surface area (Å²) in [6.45, 7) is 0. The molecule has 2 aromatic rings. The maximum Gasteiger partial charge on any atom is 0.126 e. The van der Waals surface area contributed by atoms with Gasteiger partial charge in [-0.05, 0) is 25.0 Å². The van der Waals surface area contributed by atoms with Gasteiger partial charge in [-0.25, -0.2) is 4.52 Å². The smallest absolute Gasteiger partial charge is 0.126 e. The van der Waals surface area contributed by atoms with Crippen molar-refractivity contribution in [2.75, 3.05) is 5.32 Å². The van der Waals surface area contributed by atoms with Gasteiger partial charge in [-0.2, -0.15) is 5.10 Å². The van der Waals surface area contributed by atoms with E-state index >= 15 is 0 Å². The molecule has 3 rings (SSSR count). The number of fused-ring (bicyclic) bond motifs is 1. The standard InChI is InChI=1S/C14H19N5/c15-14(16)11-9-17-19-8-4-7-12(19)13(11)18-10-5-2-1-3-6-10/h4,7-10,18H,1-3,5-6H2,(H3,15,16). The monoisotopic (exact) mass is 257 g/mol. The van der Waals surface area contributed by atoms with E-state index in [1.165, 1.54) is 32.1 Å². The Bertz CT molecular complexity index is 595. The summed E-state index contributed by atoms with van der Waals surface area (Å²) in [7, 11) is 0. The molecule has 0 saturated heterocycles. The van der Waals surface area contributed by atoms with Crippen LogP contribution in [0, 0.1) is 5.41 Å². The molecule has 5 heteroatoms. The van der Waals surface area contributed by atoms with Crippen molar-refractivity contribution in [2.24, 2.45) is 5.73 Å². The van der Waals surface area contributed by atoms with Gasteiger partial charge in [0, 0.05) is 12.2 Å². The lowest BCUT2D eigenvalue weighted by Crippen LogP contribution is -2.25. The summed E-state index contributed by atoms with van der Waals surface area (Å²) in [4.78, 5) is 0. The third-order valence-corrected chi connectivity index (χ3v) is 3.81. The molecule has 19 heavy (non-hydrogen) atoms. The zero-order valence-corrected chi connectivity index (χ0v) is 10.9. The first-order chi connectivity index (χ1) is 9.25. The molecule has 0 unspecified atom stereocenters. The number of rotatable bonds is 3. The molecular formula is C14H19N5. The summed E-state index contributed by atoms with van der Waals surface area (Å²) in [5, 5.41) is 15.6. The number of nitrogens with two attached hydrogens (primary N) is 1. The van der Waals surface area contributed by atoms with Gasteiger partial charge in [0.15, 0.2) is 0 Å². The molecule has 4 N–H and O–H groups in total. The molecule has 5 nitrogen and oxygen atoms in total. The SMILES string of the molecule is N=C(N)c1cnn2cccc2c1NC1CCCCC1. The van der Waals surface area contributed by atoms with Crippen LogP contribution in [0.25, 0.3) is 5.52 Å². The number of aromatic nitrogens is 2. The van der Waals surface area contributed by atoms with Crippen LogP contribution in [0.15, 0.2) is 24.5 Å². The Hall–Kier alpha value is -2.04. The van der Waals surface area contributed by atoms with E-state index in [-0.39, 0.29) is 5.84 Å². The molecule has 0 amide bonds. The quantitative estimate of drug-likeness (QED) is 0.583. The first-order valence-corrected chi connectivity index (χ1v) is 6.83. The van der Waals surface area contributed by atoms with E-state index < -0.39 is 0 Å². The molecule has 0 spiro atoms. The number of nitrogens with zero attached hydrogens (tertiary/aromatic N) is 2. The zero-order chi connectivity index (χ0) is 13.2. The first-order valence-electron chi connectivity index (χ1n) is 6.83. The van der Waals surface area contributed by atoms with Crippen molar-refractivity contribution in [3.05, 3.63) is 30.1 Å². The fourth-order valence-electron chi connectivity index (χ4n) is 2.80. The zero-order valence-electron chi connectivity index (χ0n) is 10.9. The third kappa shape index (κ3) is 2.28. The summed E-state index contributed by atoms with van der Waals surface area (Å²) >= 11 is 0. The molecule has 0 bridgehead atoms. The van der Waals surface area contributed by atoms with Crippen LogP contribution in [0.5, 0.6) is 0 Å². The van der Waals surface area contributed by atoms with Crippen LogP contribution in [-0.2, 0) is 0 Å². The predicted octanol–water partition coefficient (Wildman–Crippen LogP) is 2.36. The van der Waals surface area contributed by atoms with Gasteiger partial charge in [0.2, 0.25) is 0 Å². The van der Waals surface area contributed by atoms with Gasteiger partial charge in [-0.1, -0.05) is 19.3 Å². The minimum Gasteiger partial charge on any atom is -0.384 e. The molecule has 1 fully saturated rings. The second-order valence-electron chi connectivity index (χ2n) is 5.16. The van der Waals surface area contributed by atoms with Crippen LogP contribution >= 0.6 is 0 Å². The highest BCUT2D eigenvalue weighted by Gasteiger charge is 2.17. The normalized spacial score (nSPS) is 16.6. The summed E-state index contributed by atoms with van der Waals surface area (Å²) < 4.78 is 1.82. The van der Waals surface area contributed by atoms with E-state index in [9.17, 15) is 0 Å². The van der Waals surface area contributed by atoms with Gasteiger partial charge in [0.05, 0.1) is 23.0 Å². The lowest BCUT2D eigenvalue weighted by molar-refractivity contribution is 0.463. The van der Waals surface area contributed by atoms with E-state index in [1.807, 2.05) is 22.8 Å². The Labute approximate surface area is 112 Å². The van der Waals surface area contributed by atoms with Crippen molar-refractivity contribution in [2.45, 2.75) is 38.1 Å². The van der Waals surface area contributed by atoms with Crippen LogP contribution < -0.4 is 11.1 Å². The Morgan fingerprint density at radius 1 is 1.37 bits per heavy atom. The number of nitrogens with one attached hydrogen (secondary N) is 2. The fourth-order valence-corrected chi connectivity index (χ4v) is 2.80. The number of hydrogen-bond donors (Lipinski definition) is 3. The number of nitrogen functional groups attached to an aromatic ring is 1. The Morgan fingerprint density at radius 3 is 2.89 bits per heavy atom. The lowest BCUT2D eigenvalue weighted by Gasteiger charge is -2.25. The molecule has 1 aliphatic rings. The highest BCUT2D eigenvalue weighted by atomic mass is 15.2.